The number of rotatable bonds is 7. The third-order valence-electron chi connectivity index (χ3n) is 2.19. The summed E-state index contributed by atoms with van der Waals surface area (Å²) in [5, 5.41) is -3.87. The van der Waals surface area contributed by atoms with Gasteiger partial charge in [0.15, 0.2) is 0 Å². The first kappa shape index (κ1) is 17.8. The summed E-state index contributed by atoms with van der Waals surface area (Å²) in [5.41, 5.74) is -2.22. The van der Waals surface area contributed by atoms with Crippen LogP contribution in [-0.2, 0) is 4.74 Å². The van der Waals surface area contributed by atoms with Gasteiger partial charge in [0.2, 0.25) is 0 Å². The van der Waals surface area contributed by atoms with Gasteiger partial charge in [-0.1, -0.05) is 13.2 Å². The van der Waals surface area contributed by atoms with Gasteiger partial charge in [-0.15, -0.1) is 0 Å². The van der Waals surface area contributed by atoms with Gasteiger partial charge >= 0.3 is 5.38 Å². The lowest BCUT2D eigenvalue weighted by molar-refractivity contribution is 0.131. The van der Waals surface area contributed by atoms with E-state index in [1.165, 1.54) is 14.1 Å². The molecule has 19 heavy (non-hydrogen) atoms. The van der Waals surface area contributed by atoms with Gasteiger partial charge in [-0.2, -0.15) is 8.78 Å². The van der Waals surface area contributed by atoms with E-state index in [2.05, 4.69) is 13.2 Å². The molecule has 0 heterocycles. The molecule has 110 valence electrons. The van der Waals surface area contributed by atoms with Gasteiger partial charge in [-0.25, -0.2) is 8.78 Å². The zero-order chi connectivity index (χ0) is 15.4. The van der Waals surface area contributed by atoms with Crippen LogP contribution in [0, 0.1) is 0 Å². The first-order valence-electron chi connectivity index (χ1n) is 5.32. The zero-order valence-corrected chi connectivity index (χ0v) is 11.7. The molecule has 0 aliphatic carbocycles. The van der Waals surface area contributed by atoms with Crippen molar-refractivity contribution in [3.63, 3.8) is 0 Å². The SMILES string of the molecule is C=C(OCC)/C(C(=C)C(F)(F)Cl)=C(/C(F)F)N(C)C. The molecule has 0 aromatic rings. The topological polar surface area (TPSA) is 12.5 Å². The van der Waals surface area contributed by atoms with E-state index in [4.69, 9.17) is 16.3 Å². The molecule has 2 nitrogen and oxygen atoms in total. The Morgan fingerprint density at radius 3 is 2.05 bits per heavy atom. The van der Waals surface area contributed by atoms with E-state index in [1.807, 2.05) is 0 Å². The Kier molecular flexibility index (Phi) is 6.42. The Balaban J connectivity index is 5.95. The first-order valence-corrected chi connectivity index (χ1v) is 5.70. The molecule has 0 spiro atoms. The van der Waals surface area contributed by atoms with Crippen LogP contribution in [0.5, 0.6) is 0 Å². The summed E-state index contributed by atoms with van der Waals surface area (Å²) >= 11 is 4.85. The fraction of sp³-hybridized carbons (Fsp3) is 0.500. The molecule has 0 unspecified atom stereocenters. The lowest BCUT2D eigenvalue weighted by atomic mass is 10.0. The monoisotopic (exact) mass is 301 g/mol. The highest BCUT2D eigenvalue weighted by Crippen LogP contribution is 2.38. The molecule has 0 fully saturated rings. The molecule has 7 heteroatoms. The van der Waals surface area contributed by atoms with E-state index in [0.29, 0.717) is 0 Å². The van der Waals surface area contributed by atoms with Gasteiger partial charge in [0.05, 0.1) is 17.9 Å². The van der Waals surface area contributed by atoms with Crippen LogP contribution in [0.1, 0.15) is 6.92 Å². The minimum Gasteiger partial charge on any atom is -0.494 e. The average molecular weight is 302 g/mol. The van der Waals surface area contributed by atoms with Gasteiger partial charge in [-0.05, 0) is 18.5 Å². The fourth-order valence-electron chi connectivity index (χ4n) is 1.38. The summed E-state index contributed by atoms with van der Waals surface area (Å²) in [6.45, 7) is 8.11. The van der Waals surface area contributed by atoms with Crippen molar-refractivity contribution in [2.45, 2.75) is 18.7 Å². The van der Waals surface area contributed by atoms with Crippen LogP contribution in [0.3, 0.4) is 0 Å². The normalized spacial score (nSPS) is 13.1. The van der Waals surface area contributed by atoms with E-state index >= 15 is 0 Å². The summed E-state index contributed by atoms with van der Waals surface area (Å²) in [5.74, 6) is -0.322. The van der Waals surface area contributed by atoms with Crippen LogP contribution in [0.25, 0.3) is 0 Å². The number of alkyl halides is 5. The molecule has 0 aromatic heterocycles. The molecule has 0 aliphatic rings. The molecule has 0 N–H and O–H groups in total. The maximum absolute atomic E-state index is 13.1. The molecule has 0 saturated heterocycles. The van der Waals surface area contributed by atoms with Crippen molar-refractivity contribution in [3.8, 4) is 0 Å². The molecular weight excluding hydrogens is 286 g/mol. The lowest BCUT2D eigenvalue weighted by Crippen LogP contribution is -2.24. The van der Waals surface area contributed by atoms with Gasteiger partial charge in [0.1, 0.15) is 5.76 Å². The molecule has 0 bridgehead atoms. The van der Waals surface area contributed by atoms with E-state index < -0.39 is 28.7 Å². The summed E-state index contributed by atoms with van der Waals surface area (Å²) in [7, 11) is 2.58. The summed E-state index contributed by atoms with van der Waals surface area (Å²) in [6.07, 6.45) is -3.00. The molecule has 0 aliphatic heterocycles. The minimum atomic E-state index is -3.87. The second-order valence-electron chi connectivity index (χ2n) is 3.79. The van der Waals surface area contributed by atoms with Crippen LogP contribution < -0.4 is 0 Å². The van der Waals surface area contributed by atoms with Crippen molar-refractivity contribution >= 4 is 11.6 Å². The van der Waals surface area contributed by atoms with Crippen LogP contribution in [0.4, 0.5) is 17.6 Å². The van der Waals surface area contributed by atoms with Crippen molar-refractivity contribution in [1.29, 1.82) is 0 Å². The number of hydrogen-bond acceptors (Lipinski definition) is 2. The lowest BCUT2D eigenvalue weighted by Gasteiger charge is -2.25. The van der Waals surface area contributed by atoms with E-state index in [9.17, 15) is 17.6 Å². The summed E-state index contributed by atoms with van der Waals surface area (Å²) in [6, 6.07) is 0. The predicted molar refractivity (Wildman–Crippen MR) is 67.4 cm³/mol. The second-order valence-corrected chi connectivity index (χ2v) is 4.26. The van der Waals surface area contributed by atoms with Gasteiger partial charge in [0.25, 0.3) is 6.43 Å². The molecule has 0 saturated carbocycles. The molecule has 0 radical (unpaired) electrons. The average Bonchev–Trinajstić information content (AvgIpc) is 2.22. The smallest absolute Gasteiger partial charge is 0.348 e. The quantitative estimate of drug-likeness (QED) is 0.305. The number of allylic oxidation sites excluding steroid dienone is 2. The van der Waals surface area contributed by atoms with E-state index in [1.54, 1.807) is 6.92 Å². The van der Waals surface area contributed by atoms with Crippen LogP contribution in [0.15, 0.2) is 35.8 Å². The summed E-state index contributed by atoms with van der Waals surface area (Å²) < 4.78 is 57.2. The van der Waals surface area contributed by atoms with Crippen LogP contribution in [0.2, 0.25) is 0 Å². The summed E-state index contributed by atoms with van der Waals surface area (Å²) in [4.78, 5) is 0.998. The number of halogens is 5. The number of nitrogens with zero attached hydrogens (tertiary/aromatic N) is 1. The highest BCUT2D eigenvalue weighted by molar-refractivity contribution is 6.24. The zero-order valence-electron chi connectivity index (χ0n) is 10.9. The fourth-order valence-corrected chi connectivity index (χ4v) is 1.48. The van der Waals surface area contributed by atoms with Gasteiger partial charge in [-0.3, -0.25) is 0 Å². The Morgan fingerprint density at radius 2 is 1.79 bits per heavy atom. The van der Waals surface area contributed by atoms with Gasteiger partial charge < -0.3 is 9.64 Å². The van der Waals surface area contributed by atoms with E-state index in [0.717, 1.165) is 4.90 Å². The molecule has 0 atom stereocenters. The second kappa shape index (κ2) is 6.84. The van der Waals surface area contributed by atoms with E-state index in [-0.39, 0.29) is 12.4 Å². The van der Waals surface area contributed by atoms with Gasteiger partial charge in [0, 0.05) is 19.7 Å². The third kappa shape index (κ3) is 4.78. The predicted octanol–water partition coefficient (Wildman–Crippen LogP) is 4.01. The highest BCUT2D eigenvalue weighted by atomic mass is 35.5. The maximum Gasteiger partial charge on any atom is 0.348 e. The largest absolute Gasteiger partial charge is 0.494 e. The Bertz CT molecular complexity index is 376. The number of ether oxygens (including phenoxy) is 1. The highest BCUT2D eigenvalue weighted by Gasteiger charge is 2.37. The molecular formula is C12H16ClF4NO. The Hall–Kier alpha value is -1.17. The van der Waals surface area contributed by atoms with Crippen molar-refractivity contribution in [1.82, 2.24) is 4.90 Å². The van der Waals surface area contributed by atoms with Crippen molar-refractivity contribution < 1.29 is 22.3 Å². The van der Waals surface area contributed by atoms with Crippen LogP contribution in [-0.4, -0.2) is 37.4 Å². The number of hydrogen-bond donors (Lipinski definition) is 0. The maximum atomic E-state index is 13.1. The Labute approximate surface area is 115 Å². The van der Waals surface area contributed by atoms with Crippen LogP contribution >= 0.6 is 11.6 Å². The van der Waals surface area contributed by atoms with Crippen molar-refractivity contribution in [2.75, 3.05) is 20.7 Å². The third-order valence-corrected chi connectivity index (χ3v) is 2.41. The minimum absolute atomic E-state index is 0.0907. The standard InChI is InChI=1S/C12H16ClF4NO/c1-6-19-8(3)9(7(2)12(13,16)17)10(11(14)15)18(4)5/h11H,2-3,6H2,1,4-5H3/b10-9-. The molecule has 0 aromatic carbocycles. The Morgan fingerprint density at radius 1 is 1.32 bits per heavy atom. The first-order chi connectivity index (χ1) is 8.53. The molecule has 0 rings (SSSR count). The van der Waals surface area contributed by atoms with Crippen molar-refractivity contribution in [3.05, 3.63) is 35.8 Å². The van der Waals surface area contributed by atoms with Crippen molar-refractivity contribution in [2.24, 2.45) is 0 Å². The molecule has 0 amide bonds.